The summed E-state index contributed by atoms with van der Waals surface area (Å²) >= 11 is 5.83. The number of carbonyl (C=O) groups is 2. The number of morpholine rings is 1. The van der Waals surface area contributed by atoms with E-state index in [4.69, 9.17) is 22.1 Å². The molecular weight excluding hydrogens is 296 g/mol. The normalized spacial score (nSPS) is 18.4. The van der Waals surface area contributed by atoms with Gasteiger partial charge in [-0.1, -0.05) is 11.6 Å². The van der Waals surface area contributed by atoms with Gasteiger partial charge in [0.2, 0.25) is 0 Å². The van der Waals surface area contributed by atoms with E-state index in [0.717, 1.165) is 0 Å². The number of ether oxygens (including phenoxy) is 2. The monoisotopic (exact) mass is 312 g/mol. The van der Waals surface area contributed by atoms with E-state index in [9.17, 15) is 9.59 Å². The van der Waals surface area contributed by atoms with Gasteiger partial charge in [0.15, 0.2) is 0 Å². The fourth-order valence-corrected chi connectivity index (χ4v) is 2.38. The molecule has 1 saturated heterocycles. The van der Waals surface area contributed by atoms with E-state index < -0.39 is 0 Å². The molecule has 1 aliphatic rings. The number of nitrogens with zero attached hydrogens (tertiary/aromatic N) is 1. The Bertz CT molecular complexity index is 550. The Morgan fingerprint density at radius 1 is 1.52 bits per heavy atom. The predicted octanol–water partition coefficient (Wildman–Crippen LogP) is 1.33. The first-order chi connectivity index (χ1) is 10.0. The van der Waals surface area contributed by atoms with Crippen LogP contribution in [0.25, 0.3) is 0 Å². The van der Waals surface area contributed by atoms with Gasteiger partial charge in [-0.2, -0.15) is 0 Å². The zero-order valence-corrected chi connectivity index (χ0v) is 12.4. The molecule has 2 N–H and O–H groups in total. The van der Waals surface area contributed by atoms with E-state index in [1.54, 1.807) is 23.1 Å². The van der Waals surface area contributed by atoms with Gasteiger partial charge in [-0.15, -0.1) is 0 Å². The summed E-state index contributed by atoms with van der Waals surface area (Å²) in [6, 6.07) is 4.77. The van der Waals surface area contributed by atoms with E-state index in [-0.39, 0.29) is 24.4 Å². The highest BCUT2D eigenvalue weighted by molar-refractivity contribution is 6.31. The van der Waals surface area contributed by atoms with Gasteiger partial charge in [0, 0.05) is 23.8 Å². The van der Waals surface area contributed by atoms with Crippen molar-refractivity contribution in [2.24, 2.45) is 0 Å². The van der Waals surface area contributed by atoms with Crippen molar-refractivity contribution in [2.75, 3.05) is 32.5 Å². The molecule has 1 amide bonds. The number of methoxy groups -OCH3 is 1. The van der Waals surface area contributed by atoms with Crippen LogP contribution in [0.15, 0.2) is 18.2 Å². The van der Waals surface area contributed by atoms with E-state index in [1.165, 1.54) is 7.11 Å². The van der Waals surface area contributed by atoms with Crippen molar-refractivity contribution >= 4 is 29.2 Å². The average molecular weight is 313 g/mol. The second-order valence-corrected chi connectivity index (χ2v) is 5.19. The number of nitrogen functional groups attached to an aromatic ring is 1. The molecule has 21 heavy (non-hydrogen) atoms. The summed E-state index contributed by atoms with van der Waals surface area (Å²) in [5.74, 6) is -0.553. The highest BCUT2D eigenvalue weighted by Crippen LogP contribution is 2.21. The third-order valence-corrected chi connectivity index (χ3v) is 3.53. The molecule has 0 bridgehead atoms. The fraction of sp³-hybridized carbons (Fsp3) is 0.429. The van der Waals surface area contributed by atoms with Crippen molar-refractivity contribution in [3.8, 4) is 0 Å². The lowest BCUT2D eigenvalue weighted by atomic mass is 10.1. The Kier molecular flexibility index (Phi) is 5.03. The molecule has 1 fully saturated rings. The number of benzene rings is 1. The van der Waals surface area contributed by atoms with Gasteiger partial charge in [-0.05, 0) is 18.2 Å². The van der Waals surface area contributed by atoms with Crippen LogP contribution in [-0.4, -0.2) is 49.7 Å². The first kappa shape index (κ1) is 15.6. The van der Waals surface area contributed by atoms with Crippen LogP contribution >= 0.6 is 11.6 Å². The van der Waals surface area contributed by atoms with Crippen molar-refractivity contribution in [1.29, 1.82) is 0 Å². The molecule has 1 aromatic carbocycles. The molecular formula is C14H17ClN2O4. The number of halogens is 1. The van der Waals surface area contributed by atoms with Crippen LogP contribution in [-0.2, 0) is 14.3 Å². The average Bonchev–Trinajstić information content (AvgIpc) is 2.47. The van der Waals surface area contributed by atoms with Crippen LogP contribution in [0, 0.1) is 0 Å². The summed E-state index contributed by atoms with van der Waals surface area (Å²) in [4.78, 5) is 25.4. The second-order valence-electron chi connectivity index (χ2n) is 4.76. The highest BCUT2D eigenvalue weighted by atomic mass is 35.5. The standard InChI is InChI=1S/C14H17ClN2O4/c1-20-13(18)7-10-8-17(4-5-21-10)14(19)11-3-2-9(15)6-12(11)16/h2-3,6,10H,4-5,7-8,16H2,1H3. The van der Waals surface area contributed by atoms with Gasteiger partial charge in [0.05, 0.1) is 31.8 Å². The van der Waals surface area contributed by atoms with Crippen LogP contribution < -0.4 is 5.73 Å². The van der Waals surface area contributed by atoms with Gasteiger partial charge in [0.1, 0.15) is 0 Å². The van der Waals surface area contributed by atoms with Crippen molar-refractivity contribution in [1.82, 2.24) is 4.90 Å². The molecule has 1 aliphatic heterocycles. The Hall–Kier alpha value is -1.79. The Morgan fingerprint density at radius 3 is 2.95 bits per heavy atom. The number of hydrogen-bond acceptors (Lipinski definition) is 5. The minimum Gasteiger partial charge on any atom is -0.469 e. The van der Waals surface area contributed by atoms with Crippen LogP contribution in [0.3, 0.4) is 0 Å². The second kappa shape index (κ2) is 6.78. The molecule has 114 valence electrons. The topological polar surface area (TPSA) is 81.9 Å². The Labute approximate surface area is 127 Å². The molecule has 0 aliphatic carbocycles. The Morgan fingerprint density at radius 2 is 2.29 bits per heavy atom. The number of carbonyl (C=O) groups excluding carboxylic acids is 2. The van der Waals surface area contributed by atoms with Crippen molar-refractivity contribution in [3.05, 3.63) is 28.8 Å². The summed E-state index contributed by atoms with van der Waals surface area (Å²) in [5, 5.41) is 0.481. The van der Waals surface area contributed by atoms with Crippen LogP contribution in [0.1, 0.15) is 16.8 Å². The van der Waals surface area contributed by atoms with E-state index in [2.05, 4.69) is 4.74 Å². The maximum absolute atomic E-state index is 12.5. The van der Waals surface area contributed by atoms with E-state index >= 15 is 0 Å². The minimum atomic E-state index is -0.361. The SMILES string of the molecule is COC(=O)CC1CN(C(=O)c2ccc(Cl)cc2N)CCO1. The molecule has 0 saturated carbocycles. The smallest absolute Gasteiger partial charge is 0.308 e. The maximum atomic E-state index is 12.5. The van der Waals surface area contributed by atoms with E-state index in [1.807, 2.05) is 0 Å². The number of esters is 1. The molecule has 1 atom stereocenters. The number of hydrogen-bond donors (Lipinski definition) is 1. The number of amides is 1. The Balaban J connectivity index is 2.06. The lowest BCUT2D eigenvalue weighted by Crippen LogP contribution is -2.46. The third-order valence-electron chi connectivity index (χ3n) is 3.29. The lowest BCUT2D eigenvalue weighted by Gasteiger charge is -2.32. The highest BCUT2D eigenvalue weighted by Gasteiger charge is 2.27. The van der Waals surface area contributed by atoms with Gasteiger partial charge in [-0.3, -0.25) is 9.59 Å². The van der Waals surface area contributed by atoms with Crippen molar-refractivity contribution < 1.29 is 19.1 Å². The number of nitrogens with two attached hydrogens (primary N) is 1. The van der Waals surface area contributed by atoms with Gasteiger partial charge in [-0.25, -0.2) is 0 Å². The summed E-state index contributed by atoms with van der Waals surface area (Å²) in [7, 11) is 1.32. The first-order valence-electron chi connectivity index (χ1n) is 6.54. The summed E-state index contributed by atoms with van der Waals surface area (Å²) in [6.45, 7) is 1.16. The summed E-state index contributed by atoms with van der Waals surface area (Å²) < 4.78 is 10.1. The number of rotatable bonds is 3. The van der Waals surface area contributed by atoms with Crippen LogP contribution in [0.4, 0.5) is 5.69 Å². The molecule has 1 aromatic rings. The van der Waals surface area contributed by atoms with Gasteiger partial charge in [0.25, 0.3) is 5.91 Å². The molecule has 1 unspecified atom stereocenters. The quantitative estimate of drug-likeness (QED) is 0.672. The largest absolute Gasteiger partial charge is 0.469 e. The fourth-order valence-electron chi connectivity index (χ4n) is 2.20. The summed E-state index contributed by atoms with van der Waals surface area (Å²) in [6.07, 6.45) is -0.236. The third kappa shape index (κ3) is 3.86. The summed E-state index contributed by atoms with van der Waals surface area (Å²) in [5.41, 5.74) is 6.57. The molecule has 6 nitrogen and oxygen atoms in total. The van der Waals surface area contributed by atoms with Crippen molar-refractivity contribution in [3.63, 3.8) is 0 Å². The van der Waals surface area contributed by atoms with Gasteiger partial charge >= 0.3 is 5.97 Å². The molecule has 1 heterocycles. The molecule has 0 spiro atoms. The minimum absolute atomic E-state index is 0.121. The van der Waals surface area contributed by atoms with Crippen LogP contribution in [0.2, 0.25) is 5.02 Å². The van der Waals surface area contributed by atoms with Crippen molar-refractivity contribution in [2.45, 2.75) is 12.5 Å². The predicted molar refractivity (Wildman–Crippen MR) is 78.1 cm³/mol. The molecule has 0 aromatic heterocycles. The zero-order chi connectivity index (χ0) is 15.4. The van der Waals surface area contributed by atoms with Crippen LogP contribution in [0.5, 0.6) is 0 Å². The first-order valence-corrected chi connectivity index (χ1v) is 6.91. The zero-order valence-electron chi connectivity index (χ0n) is 11.7. The number of anilines is 1. The lowest BCUT2D eigenvalue weighted by molar-refractivity contribution is -0.145. The maximum Gasteiger partial charge on any atom is 0.308 e. The van der Waals surface area contributed by atoms with Gasteiger partial charge < -0.3 is 20.1 Å². The van der Waals surface area contributed by atoms with E-state index in [0.29, 0.717) is 36.0 Å². The molecule has 0 radical (unpaired) electrons. The molecule has 2 rings (SSSR count). The molecule has 7 heteroatoms.